The first-order valence-electron chi connectivity index (χ1n) is 13.4. The molecule has 39 heavy (non-hydrogen) atoms. The lowest BCUT2D eigenvalue weighted by Gasteiger charge is -2.38. The normalized spacial score (nSPS) is 14.7. The molecule has 210 valence electrons. The van der Waals surface area contributed by atoms with Gasteiger partial charge in [-0.3, -0.25) is 0 Å². The van der Waals surface area contributed by atoms with Crippen molar-refractivity contribution in [2.75, 3.05) is 19.1 Å². The molecule has 1 aliphatic carbocycles. The smallest absolute Gasteiger partial charge is 0.341 e. The number of hydrogen-bond acceptors (Lipinski definition) is 5. The van der Waals surface area contributed by atoms with Crippen molar-refractivity contribution in [1.29, 1.82) is 0 Å². The molecule has 1 aliphatic rings. The summed E-state index contributed by atoms with van der Waals surface area (Å²) in [6.07, 6.45) is 11.4. The van der Waals surface area contributed by atoms with E-state index in [0.717, 1.165) is 6.26 Å². The number of carboxylic acid groups (broad SMARTS) is 1. The molecule has 0 bridgehead atoms. The molecule has 1 saturated carbocycles. The first-order chi connectivity index (χ1) is 18.5. The topological polar surface area (TPSA) is 80.7 Å². The Hall–Kier alpha value is -2.77. The average Bonchev–Trinajstić information content (AvgIpc) is 2.92. The number of hydrogen-bond donors (Lipinski definition) is 1. The summed E-state index contributed by atoms with van der Waals surface area (Å²) in [4.78, 5) is 11.8. The van der Waals surface area contributed by atoms with Crippen LogP contribution in [0, 0.1) is 13.8 Å². The van der Waals surface area contributed by atoms with E-state index in [1.54, 1.807) is 12.5 Å². The van der Waals surface area contributed by atoms with Gasteiger partial charge in [-0.2, -0.15) is 0 Å². The summed E-state index contributed by atoms with van der Waals surface area (Å²) >= 11 is 1.82. The summed E-state index contributed by atoms with van der Waals surface area (Å²) in [5, 5.41) is 8.43. The van der Waals surface area contributed by atoms with Crippen molar-refractivity contribution in [2.24, 2.45) is 0 Å². The Morgan fingerprint density at radius 2 is 1.64 bits per heavy atom. The number of aryl methyl sites for hydroxylation is 2. The highest BCUT2D eigenvalue weighted by Gasteiger charge is 2.33. The maximum absolute atomic E-state index is 11.2. The van der Waals surface area contributed by atoms with Crippen LogP contribution >= 0.6 is 11.8 Å². The molecule has 0 aliphatic heterocycles. The fraction of sp³-hybridized carbons (Fsp3) is 0.406. The minimum atomic E-state index is -3.25. The highest BCUT2D eigenvalue weighted by atomic mass is 32.2. The van der Waals surface area contributed by atoms with Gasteiger partial charge >= 0.3 is 5.97 Å². The molecule has 1 N–H and O–H groups in total. The van der Waals surface area contributed by atoms with Crippen molar-refractivity contribution in [3.8, 4) is 16.9 Å². The van der Waals surface area contributed by atoms with Gasteiger partial charge in [0.25, 0.3) is 0 Å². The second-order valence-corrected chi connectivity index (χ2v) is 13.2. The summed E-state index contributed by atoms with van der Waals surface area (Å²) in [6.45, 7) is 5.89. The molecule has 4 rings (SSSR count). The molecule has 0 radical (unpaired) electrons. The van der Waals surface area contributed by atoms with E-state index in [1.807, 2.05) is 11.8 Å². The van der Waals surface area contributed by atoms with Crippen LogP contribution in [0.4, 0.5) is 0 Å². The number of thioether (sulfide) groups is 1. The summed E-state index contributed by atoms with van der Waals surface area (Å²) in [7, 11) is -3.25. The van der Waals surface area contributed by atoms with Gasteiger partial charge in [0.2, 0.25) is 0 Å². The predicted molar refractivity (Wildman–Crippen MR) is 161 cm³/mol. The standard InChI is InChI=1S/C22H28S.C10H12O5S/c1-4-22(13-6-5-7-14-22)21-16-19(12-11-17(21)2)18-9-8-10-20(15-18)23-3;1-7-5-8(16(2,13)14)3-4-9(7)15-6-10(11)12/h8-12,15-16H,4-7,13-14H2,1-3H3;3-5H,6H2,1-2H3,(H,11,12). The lowest BCUT2D eigenvalue weighted by Crippen LogP contribution is -2.29. The third-order valence-corrected chi connectivity index (χ3v) is 9.46. The molecule has 5 nitrogen and oxygen atoms in total. The summed E-state index contributed by atoms with van der Waals surface area (Å²) in [6, 6.07) is 20.3. The van der Waals surface area contributed by atoms with Gasteiger partial charge in [-0.15, -0.1) is 11.8 Å². The Kier molecular flexibility index (Phi) is 10.7. The van der Waals surface area contributed by atoms with Crippen LogP contribution < -0.4 is 4.74 Å². The fourth-order valence-electron chi connectivity index (χ4n) is 5.37. The molecular formula is C32H40O5S2. The van der Waals surface area contributed by atoms with Crippen LogP contribution in [0.25, 0.3) is 11.1 Å². The Bertz CT molecular complexity index is 1390. The van der Waals surface area contributed by atoms with Crippen molar-refractivity contribution in [3.05, 3.63) is 77.4 Å². The van der Waals surface area contributed by atoms with Crippen LogP contribution in [0.15, 0.2) is 70.5 Å². The van der Waals surface area contributed by atoms with Crippen LogP contribution in [0.5, 0.6) is 5.75 Å². The number of carboxylic acids is 1. The zero-order valence-corrected chi connectivity index (χ0v) is 25.3. The zero-order chi connectivity index (χ0) is 28.6. The summed E-state index contributed by atoms with van der Waals surface area (Å²) in [5.74, 6) is -0.707. The first kappa shape index (κ1) is 30.8. The van der Waals surface area contributed by atoms with Gasteiger partial charge in [0, 0.05) is 11.2 Å². The zero-order valence-electron chi connectivity index (χ0n) is 23.6. The van der Waals surface area contributed by atoms with Gasteiger partial charge in [0.15, 0.2) is 16.4 Å². The third-order valence-electron chi connectivity index (χ3n) is 7.63. The Morgan fingerprint density at radius 1 is 0.949 bits per heavy atom. The maximum Gasteiger partial charge on any atom is 0.341 e. The Morgan fingerprint density at radius 3 is 2.23 bits per heavy atom. The molecule has 0 heterocycles. The van der Waals surface area contributed by atoms with Gasteiger partial charge in [0.1, 0.15) is 5.75 Å². The van der Waals surface area contributed by atoms with Crippen LogP contribution in [0.2, 0.25) is 0 Å². The van der Waals surface area contributed by atoms with Crippen LogP contribution in [0.1, 0.15) is 62.1 Å². The Labute approximate surface area is 237 Å². The van der Waals surface area contributed by atoms with E-state index >= 15 is 0 Å². The first-order valence-corrected chi connectivity index (χ1v) is 16.5. The van der Waals surface area contributed by atoms with Crippen LogP contribution in [-0.2, 0) is 20.0 Å². The largest absolute Gasteiger partial charge is 0.482 e. The van der Waals surface area contributed by atoms with E-state index in [9.17, 15) is 13.2 Å². The molecular weight excluding hydrogens is 528 g/mol. The molecule has 1 fully saturated rings. The molecule has 7 heteroatoms. The highest BCUT2D eigenvalue weighted by Crippen LogP contribution is 2.44. The van der Waals surface area contributed by atoms with Crippen LogP contribution in [0.3, 0.4) is 0 Å². The molecule has 0 saturated heterocycles. The van der Waals surface area contributed by atoms with E-state index in [2.05, 4.69) is 62.6 Å². The molecule has 0 unspecified atom stereocenters. The lowest BCUT2D eigenvalue weighted by molar-refractivity contribution is -0.139. The van der Waals surface area contributed by atoms with Crippen molar-refractivity contribution >= 4 is 27.6 Å². The maximum atomic E-state index is 11.2. The Balaban J connectivity index is 0.000000231. The minimum Gasteiger partial charge on any atom is -0.482 e. The van der Waals surface area contributed by atoms with Gasteiger partial charge in [0.05, 0.1) is 4.90 Å². The molecule has 3 aromatic rings. The van der Waals surface area contributed by atoms with E-state index < -0.39 is 22.4 Å². The van der Waals surface area contributed by atoms with E-state index in [0.29, 0.717) is 16.7 Å². The predicted octanol–water partition coefficient (Wildman–Crippen LogP) is 7.86. The van der Waals surface area contributed by atoms with Crippen molar-refractivity contribution in [2.45, 2.75) is 74.5 Å². The SMILES string of the molecule is CCC1(c2cc(-c3cccc(SC)c3)ccc2C)CCCCC1.Cc1cc(S(C)(=O)=O)ccc1OCC(=O)O. The molecule has 0 spiro atoms. The highest BCUT2D eigenvalue weighted by molar-refractivity contribution is 7.98. The summed E-state index contributed by atoms with van der Waals surface area (Å²) in [5.41, 5.74) is 6.80. The number of ether oxygens (including phenoxy) is 1. The second-order valence-electron chi connectivity index (χ2n) is 10.3. The van der Waals surface area contributed by atoms with Gasteiger partial charge < -0.3 is 9.84 Å². The van der Waals surface area contributed by atoms with Gasteiger partial charge in [-0.25, -0.2) is 13.2 Å². The average molecular weight is 569 g/mol. The molecule has 3 aromatic carbocycles. The number of aliphatic carboxylic acids is 1. The van der Waals surface area contributed by atoms with Crippen molar-refractivity contribution in [3.63, 3.8) is 0 Å². The quantitative estimate of drug-likeness (QED) is 0.279. The number of rotatable bonds is 8. The summed E-state index contributed by atoms with van der Waals surface area (Å²) < 4.78 is 27.4. The minimum absolute atomic E-state index is 0.188. The molecule has 0 atom stereocenters. The van der Waals surface area contributed by atoms with Crippen molar-refractivity contribution in [1.82, 2.24) is 0 Å². The van der Waals surface area contributed by atoms with Crippen LogP contribution in [-0.4, -0.2) is 38.6 Å². The van der Waals surface area contributed by atoms with E-state index in [-0.39, 0.29) is 4.90 Å². The lowest BCUT2D eigenvalue weighted by atomic mass is 9.66. The number of sulfone groups is 1. The number of benzene rings is 3. The molecule has 0 amide bonds. The van der Waals surface area contributed by atoms with Crippen molar-refractivity contribution < 1.29 is 23.1 Å². The molecule has 0 aromatic heterocycles. The number of carbonyl (C=O) groups is 1. The van der Waals surface area contributed by atoms with E-state index in [1.165, 1.54) is 78.3 Å². The monoisotopic (exact) mass is 568 g/mol. The third kappa shape index (κ3) is 8.12. The second kappa shape index (κ2) is 13.5. The fourth-order valence-corrected chi connectivity index (χ4v) is 6.54. The van der Waals surface area contributed by atoms with Gasteiger partial charge in [-0.1, -0.05) is 56.5 Å². The van der Waals surface area contributed by atoms with Gasteiger partial charge in [-0.05, 0) is 103 Å². The van der Waals surface area contributed by atoms with E-state index in [4.69, 9.17) is 9.84 Å².